The van der Waals surface area contributed by atoms with E-state index in [1.54, 1.807) is 12.1 Å². The van der Waals surface area contributed by atoms with E-state index in [9.17, 15) is 4.79 Å². The summed E-state index contributed by atoms with van der Waals surface area (Å²) in [5.41, 5.74) is 1.92. The van der Waals surface area contributed by atoms with Gasteiger partial charge in [0.15, 0.2) is 10.9 Å². The number of para-hydroxylation sites is 1. The van der Waals surface area contributed by atoms with Crippen molar-refractivity contribution in [2.45, 2.75) is 11.7 Å². The Hall–Kier alpha value is -3.23. The Bertz CT molecular complexity index is 1310. The highest BCUT2D eigenvalue weighted by Gasteiger charge is 2.23. The number of rotatable bonds is 7. The fourth-order valence-electron chi connectivity index (χ4n) is 4.07. The minimum Gasteiger partial charge on any atom is -0.453 e. The van der Waals surface area contributed by atoms with Crippen molar-refractivity contribution < 1.29 is 9.21 Å². The first-order chi connectivity index (χ1) is 16.6. The second kappa shape index (κ2) is 9.95. The molecule has 0 bridgehead atoms. The van der Waals surface area contributed by atoms with Crippen LogP contribution >= 0.6 is 23.4 Å². The summed E-state index contributed by atoms with van der Waals surface area (Å²) in [5.74, 6) is 1.60. The van der Waals surface area contributed by atoms with Crippen molar-refractivity contribution in [2.24, 2.45) is 0 Å². The fourth-order valence-corrected chi connectivity index (χ4v) is 5.10. The van der Waals surface area contributed by atoms with E-state index in [-0.39, 0.29) is 5.91 Å². The minimum absolute atomic E-state index is 0.103. The van der Waals surface area contributed by atoms with Gasteiger partial charge in [0.1, 0.15) is 5.58 Å². The Balaban J connectivity index is 1.25. The maximum absolute atomic E-state index is 12.9. The molecule has 0 spiro atoms. The molecule has 1 fully saturated rings. The first-order valence-electron chi connectivity index (χ1n) is 11.1. The third-order valence-corrected chi connectivity index (χ3v) is 6.99. The molecule has 0 saturated carbocycles. The molecule has 0 N–H and O–H groups in total. The standard InChI is InChI=1S/C25H24ClN5O2S/c1-2-10-31-24(22-16-18-15-19(26)8-9-21(18)33-22)27-28-25(31)34-17-23(32)30-13-11-29(12-14-30)20-6-4-3-5-7-20/h2-9,15-16H,1,10-14,17H2. The highest BCUT2D eigenvalue weighted by Crippen LogP contribution is 2.31. The molecule has 9 heteroatoms. The van der Waals surface area contributed by atoms with Gasteiger partial charge in [-0.05, 0) is 36.4 Å². The largest absolute Gasteiger partial charge is 0.453 e. The van der Waals surface area contributed by atoms with Crippen molar-refractivity contribution in [2.75, 3.05) is 36.8 Å². The number of aromatic nitrogens is 3. The number of benzene rings is 2. The van der Waals surface area contributed by atoms with Crippen LogP contribution in [0, 0.1) is 0 Å². The summed E-state index contributed by atoms with van der Waals surface area (Å²) < 4.78 is 7.89. The number of anilines is 1. The van der Waals surface area contributed by atoms with Crippen LogP contribution in [0.5, 0.6) is 0 Å². The van der Waals surface area contributed by atoms with Crippen LogP contribution in [0.4, 0.5) is 5.69 Å². The average molecular weight is 494 g/mol. The zero-order valence-electron chi connectivity index (χ0n) is 18.6. The van der Waals surface area contributed by atoms with Crippen LogP contribution in [0.1, 0.15) is 0 Å². The number of allylic oxidation sites excluding steroid dienone is 1. The van der Waals surface area contributed by atoms with Gasteiger partial charge in [0.25, 0.3) is 0 Å². The van der Waals surface area contributed by atoms with E-state index in [1.807, 2.05) is 45.9 Å². The number of carbonyl (C=O) groups excluding carboxylic acids is 1. The Kier molecular flexibility index (Phi) is 6.60. The smallest absolute Gasteiger partial charge is 0.233 e. The number of nitrogens with zero attached hydrogens (tertiary/aromatic N) is 5. The van der Waals surface area contributed by atoms with Gasteiger partial charge in [-0.2, -0.15) is 0 Å². The van der Waals surface area contributed by atoms with E-state index >= 15 is 0 Å². The van der Waals surface area contributed by atoms with Crippen LogP contribution in [0.3, 0.4) is 0 Å². The topological polar surface area (TPSA) is 67.4 Å². The quantitative estimate of drug-likeness (QED) is 0.267. The number of hydrogen-bond donors (Lipinski definition) is 0. The number of halogens is 1. The summed E-state index contributed by atoms with van der Waals surface area (Å²) in [4.78, 5) is 17.1. The molecule has 0 atom stereocenters. The van der Waals surface area contributed by atoms with Crippen LogP contribution < -0.4 is 4.90 Å². The Morgan fingerprint density at radius 1 is 1.09 bits per heavy atom. The van der Waals surface area contributed by atoms with Crippen LogP contribution in [-0.4, -0.2) is 57.5 Å². The van der Waals surface area contributed by atoms with Gasteiger partial charge in [0, 0.05) is 48.8 Å². The molecule has 1 aliphatic rings. The maximum Gasteiger partial charge on any atom is 0.233 e. The second-order valence-electron chi connectivity index (χ2n) is 7.99. The molecule has 0 radical (unpaired) electrons. The molecule has 2 aromatic carbocycles. The molecule has 7 nitrogen and oxygen atoms in total. The molecule has 1 saturated heterocycles. The molecular formula is C25H24ClN5O2S. The number of hydrogen-bond acceptors (Lipinski definition) is 6. The van der Waals surface area contributed by atoms with Crippen molar-refractivity contribution in [1.29, 1.82) is 0 Å². The van der Waals surface area contributed by atoms with Crippen LogP contribution in [0.2, 0.25) is 5.02 Å². The Labute approximate surface area is 207 Å². The summed E-state index contributed by atoms with van der Waals surface area (Å²) in [6, 6.07) is 17.7. The molecule has 1 amide bonds. The molecule has 0 unspecified atom stereocenters. The van der Waals surface area contributed by atoms with E-state index in [2.05, 4.69) is 33.8 Å². The maximum atomic E-state index is 12.9. The van der Waals surface area contributed by atoms with Crippen LogP contribution in [0.15, 0.2) is 76.8 Å². The summed E-state index contributed by atoms with van der Waals surface area (Å²) in [7, 11) is 0. The van der Waals surface area contributed by atoms with Gasteiger partial charge in [0.05, 0.1) is 5.75 Å². The molecule has 174 valence electrons. The predicted octanol–water partition coefficient (Wildman–Crippen LogP) is 4.97. The summed E-state index contributed by atoms with van der Waals surface area (Å²) in [6.07, 6.45) is 1.78. The molecule has 34 heavy (non-hydrogen) atoms. The first-order valence-corrected chi connectivity index (χ1v) is 12.4. The molecule has 4 aromatic rings. The monoisotopic (exact) mass is 493 g/mol. The highest BCUT2D eigenvalue weighted by atomic mass is 35.5. The number of carbonyl (C=O) groups is 1. The predicted molar refractivity (Wildman–Crippen MR) is 136 cm³/mol. The first kappa shape index (κ1) is 22.6. The van der Waals surface area contributed by atoms with Crippen molar-refractivity contribution in [3.63, 3.8) is 0 Å². The zero-order chi connectivity index (χ0) is 23.5. The van der Waals surface area contributed by atoms with Gasteiger partial charge >= 0.3 is 0 Å². The van der Waals surface area contributed by atoms with Crippen molar-refractivity contribution in [1.82, 2.24) is 19.7 Å². The van der Waals surface area contributed by atoms with Crippen molar-refractivity contribution in [3.8, 4) is 11.6 Å². The minimum atomic E-state index is 0.103. The summed E-state index contributed by atoms with van der Waals surface area (Å²) >= 11 is 7.49. The lowest BCUT2D eigenvalue weighted by Gasteiger charge is -2.36. The number of furan rings is 1. The van der Waals surface area contributed by atoms with Crippen molar-refractivity contribution >= 4 is 45.9 Å². The third-order valence-electron chi connectivity index (χ3n) is 5.81. The van der Waals surface area contributed by atoms with E-state index in [1.165, 1.54) is 17.4 Å². The van der Waals surface area contributed by atoms with E-state index in [0.717, 1.165) is 24.1 Å². The van der Waals surface area contributed by atoms with Gasteiger partial charge in [0.2, 0.25) is 11.7 Å². The number of fused-ring (bicyclic) bond motifs is 1. The number of amides is 1. The lowest BCUT2D eigenvalue weighted by molar-refractivity contribution is -0.128. The van der Waals surface area contributed by atoms with Gasteiger partial charge in [-0.1, -0.05) is 47.6 Å². The lowest BCUT2D eigenvalue weighted by Crippen LogP contribution is -2.49. The van der Waals surface area contributed by atoms with E-state index in [0.29, 0.717) is 47.2 Å². The van der Waals surface area contributed by atoms with Gasteiger partial charge in [-0.25, -0.2) is 0 Å². The summed E-state index contributed by atoms with van der Waals surface area (Å²) in [6.45, 7) is 7.43. The Morgan fingerprint density at radius 2 is 1.88 bits per heavy atom. The van der Waals surface area contributed by atoms with Crippen LogP contribution in [-0.2, 0) is 11.3 Å². The van der Waals surface area contributed by atoms with Crippen LogP contribution in [0.25, 0.3) is 22.6 Å². The third kappa shape index (κ3) is 4.69. The zero-order valence-corrected chi connectivity index (χ0v) is 20.1. The lowest BCUT2D eigenvalue weighted by atomic mass is 10.2. The normalized spacial score (nSPS) is 14.0. The Morgan fingerprint density at radius 3 is 2.65 bits per heavy atom. The summed E-state index contributed by atoms with van der Waals surface area (Å²) in [5, 5.41) is 10.9. The second-order valence-corrected chi connectivity index (χ2v) is 9.37. The highest BCUT2D eigenvalue weighted by molar-refractivity contribution is 7.99. The van der Waals surface area contributed by atoms with Gasteiger partial charge in [-0.3, -0.25) is 9.36 Å². The van der Waals surface area contributed by atoms with Crippen molar-refractivity contribution in [3.05, 3.63) is 72.3 Å². The van der Waals surface area contributed by atoms with E-state index in [4.69, 9.17) is 16.0 Å². The fraction of sp³-hybridized carbons (Fsp3) is 0.240. The van der Waals surface area contributed by atoms with Gasteiger partial charge < -0.3 is 14.2 Å². The molecule has 3 heterocycles. The molecule has 2 aromatic heterocycles. The average Bonchev–Trinajstić information content (AvgIpc) is 3.47. The molecule has 5 rings (SSSR count). The number of thioether (sulfide) groups is 1. The van der Waals surface area contributed by atoms with E-state index < -0.39 is 0 Å². The number of piperazine rings is 1. The SMILES string of the molecule is C=CCn1c(SCC(=O)N2CCN(c3ccccc3)CC2)nnc1-c1cc2cc(Cl)ccc2o1. The molecular weight excluding hydrogens is 470 g/mol. The molecule has 0 aliphatic carbocycles. The van der Waals surface area contributed by atoms with Gasteiger partial charge in [-0.15, -0.1) is 16.8 Å². The molecule has 1 aliphatic heterocycles.